The van der Waals surface area contributed by atoms with Crippen LogP contribution in [0, 0.1) is 0 Å². The van der Waals surface area contributed by atoms with Crippen molar-refractivity contribution in [1.29, 1.82) is 0 Å². The third-order valence-electron chi connectivity index (χ3n) is 0.885. The molecular formula is C8H14NO4. The standard InChI is InChI=1S/C8H14NO4/c1-6(5-10)9-13-7(11)12-8(2,3)4/h6,9H,1-4H3/t6-/m0/s1. The maximum atomic E-state index is 10.8. The molecule has 0 rings (SSSR count). The van der Waals surface area contributed by atoms with E-state index in [1.165, 1.54) is 6.92 Å². The maximum absolute atomic E-state index is 10.8. The van der Waals surface area contributed by atoms with Crippen LogP contribution in [-0.2, 0) is 14.4 Å². The molecule has 0 amide bonds. The molecule has 0 aromatic heterocycles. The molecule has 0 heterocycles. The molecule has 0 fully saturated rings. The van der Waals surface area contributed by atoms with Gasteiger partial charge in [-0.15, -0.1) is 5.48 Å². The number of ether oxygens (including phenoxy) is 1. The van der Waals surface area contributed by atoms with Gasteiger partial charge in [-0.2, -0.15) is 0 Å². The summed E-state index contributed by atoms with van der Waals surface area (Å²) >= 11 is 0. The highest BCUT2D eigenvalue weighted by molar-refractivity contribution is 5.61. The highest BCUT2D eigenvalue weighted by Crippen LogP contribution is 2.07. The Morgan fingerprint density at radius 2 is 2.00 bits per heavy atom. The van der Waals surface area contributed by atoms with Crippen LogP contribution in [0.2, 0.25) is 0 Å². The van der Waals surface area contributed by atoms with Crippen molar-refractivity contribution in [1.82, 2.24) is 5.48 Å². The average molecular weight is 188 g/mol. The normalized spacial score (nSPS) is 13.2. The van der Waals surface area contributed by atoms with E-state index in [9.17, 15) is 9.59 Å². The van der Waals surface area contributed by atoms with Gasteiger partial charge >= 0.3 is 6.16 Å². The van der Waals surface area contributed by atoms with Crippen molar-refractivity contribution in [2.75, 3.05) is 0 Å². The second-order valence-corrected chi connectivity index (χ2v) is 3.52. The first-order valence-corrected chi connectivity index (χ1v) is 3.88. The number of carbonyl (C=O) groups excluding carboxylic acids is 2. The lowest BCUT2D eigenvalue weighted by Crippen LogP contribution is -2.33. The predicted molar refractivity (Wildman–Crippen MR) is 45.6 cm³/mol. The Kier molecular flexibility index (Phi) is 4.40. The zero-order chi connectivity index (χ0) is 10.5. The number of hydrogen-bond donors (Lipinski definition) is 1. The molecule has 75 valence electrons. The van der Waals surface area contributed by atoms with E-state index in [-0.39, 0.29) is 0 Å². The molecule has 0 saturated heterocycles. The van der Waals surface area contributed by atoms with Crippen LogP contribution < -0.4 is 5.48 Å². The minimum atomic E-state index is -0.866. The highest BCUT2D eigenvalue weighted by Gasteiger charge is 2.18. The summed E-state index contributed by atoms with van der Waals surface area (Å²) in [5.74, 6) is 0. The Labute approximate surface area is 77.3 Å². The average Bonchev–Trinajstić information content (AvgIpc) is 1.97. The van der Waals surface area contributed by atoms with Gasteiger partial charge in [0.2, 0.25) is 6.29 Å². The minimum Gasteiger partial charge on any atom is -0.427 e. The van der Waals surface area contributed by atoms with Gasteiger partial charge in [0.25, 0.3) is 0 Å². The Balaban J connectivity index is 3.70. The zero-order valence-electron chi connectivity index (χ0n) is 8.21. The van der Waals surface area contributed by atoms with Gasteiger partial charge in [-0.05, 0) is 27.7 Å². The molecule has 5 heteroatoms. The van der Waals surface area contributed by atoms with Crippen molar-refractivity contribution < 1.29 is 19.2 Å². The van der Waals surface area contributed by atoms with Crippen LogP contribution in [-0.4, -0.2) is 24.1 Å². The molecule has 0 aromatic rings. The third-order valence-corrected chi connectivity index (χ3v) is 0.885. The van der Waals surface area contributed by atoms with Crippen LogP contribution in [0.1, 0.15) is 27.7 Å². The van der Waals surface area contributed by atoms with Crippen LogP contribution in [0.15, 0.2) is 0 Å². The SMILES string of the molecule is C[C@@H]([C]=O)NOC(=O)OC(C)(C)C. The van der Waals surface area contributed by atoms with Crippen LogP contribution >= 0.6 is 0 Å². The quantitative estimate of drug-likeness (QED) is 0.527. The van der Waals surface area contributed by atoms with E-state index >= 15 is 0 Å². The van der Waals surface area contributed by atoms with Gasteiger partial charge < -0.3 is 9.57 Å². The van der Waals surface area contributed by atoms with Crippen molar-refractivity contribution >= 4 is 12.4 Å². The van der Waals surface area contributed by atoms with E-state index in [4.69, 9.17) is 4.74 Å². The van der Waals surface area contributed by atoms with Crippen LogP contribution in [0.5, 0.6) is 0 Å². The van der Waals surface area contributed by atoms with Crippen molar-refractivity contribution in [2.45, 2.75) is 39.3 Å². The number of hydroxylamine groups is 1. The van der Waals surface area contributed by atoms with Gasteiger partial charge in [0.1, 0.15) is 11.6 Å². The van der Waals surface area contributed by atoms with Gasteiger partial charge in [-0.25, -0.2) is 4.79 Å². The molecule has 0 aromatic carbocycles. The second-order valence-electron chi connectivity index (χ2n) is 3.52. The summed E-state index contributed by atoms with van der Waals surface area (Å²) in [5, 5.41) is 0. The Morgan fingerprint density at radius 3 is 2.38 bits per heavy atom. The second kappa shape index (κ2) is 4.81. The van der Waals surface area contributed by atoms with E-state index in [2.05, 4.69) is 10.3 Å². The van der Waals surface area contributed by atoms with Crippen LogP contribution in [0.3, 0.4) is 0 Å². The van der Waals surface area contributed by atoms with E-state index in [0.717, 1.165) is 0 Å². The fraction of sp³-hybridized carbons (Fsp3) is 0.750. The molecule has 1 atom stereocenters. The molecular weight excluding hydrogens is 174 g/mol. The molecule has 0 aliphatic carbocycles. The maximum Gasteiger partial charge on any atom is 0.528 e. The number of rotatable bonds is 3. The minimum absolute atomic E-state index is 0.604. The molecule has 0 spiro atoms. The summed E-state index contributed by atoms with van der Waals surface area (Å²) < 4.78 is 4.78. The van der Waals surface area contributed by atoms with Gasteiger partial charge in [-0.1, -0.05) is 0 Å². The molecule has 13 heavy (non-hydrogen) atoms. The predicted octanol–water partition coefficient (Wildman–Crippen LogP) is 0.941. The van der Waals surface area contributed by atoms with Crippen molar-refractivity contribution in [3.05, 3.63) is 0 Å². The fourth-order valence-corrected chi connectivity index (χ4v) is 0.431. The monoisotopic (exact) mass is 188 g/mol. The molecule has 1 N–H and O–H groups in total. The van der Waals surface area contributed by atoms with E-state index in [1.54, 1.807) is 27.1 Å². The van der Waals surface area contributed by atoms with E-state index < -0.39 is 17.8 Å². The summed E-state index contributed by atoms with van der Waals surface area (Å²) in [6.07, 6.45) is 0.723. The van der Waals surface area contributed by atoms with Crippen LogP contribution in [0.25, 0.3) is 0 Å². The van der Waals surface area contributed by atoms with Gasteiger partial charge in [0.15, 0.2) is 0 Å². The number of hydrogen-bond acceptors (Lipinski definition) is 5. The summed E-state index contributed by atoms with van der Waals surface area (Å²) in [5.41, 5.74) is 1.55. The number of carbonyl (C=O) groups is 1. The van der Waals surface area contributed by atoms with Gasteiger partial charge in [0.05, 0.1) is 0 Å². The van der Waals surface area contributed by atoms with Crippen molar-refractivity contribution in [3.8, 4) is 0 Å². The molecule has 0 saturated carbocycles. The first-order valence-electron chi connectivity index (χ1n) is 3.88. The van der Waals surface area contributed by atoms with Gasteiger partial charge in [0, 0.05) is 0 Å². The first-order chi connectivity index (χ1) is 5.85. The largest absolute Gasteiger partial charge is 0.528 e. The lowest BCUT2D eigenvalue weighted by Gasteiger charge is -2.18. The molecule has 1 radical (unpaired) electrons. The Hall–Kier alpha value is -1.10. The van der Waals surface area contributed by atoms with Crippen LogP contribution in [0.4, 0.5) is 4.79 Å². The molecule has 5 nitrogen and oxygen atoms in total. The summed E-state index contributed by atoms with van der Waals surface area (Å²) in [7, 11) is 0. The van der Waals surface area contributed by atoms with Crippen molar-refractivity contribution in [3.63, 3.8) is 0 Å². The molecule has 0 bridgehead atoms. The first kappa shape index (κ1) is 11.9. The molecule has 0 unspecified atom stereocenters. The Morgan fingerprint density at radius 1 is 1.46 bits per heavy atom. The Bertz CT molecular complexity index is 185. The number of nitrogens with one attached hydrogen (secondary N) is 1. The topological polar surface area (TPSA) is 64.6 Å². The van der Waals surface area contributed by atoms with Gasteiger partial charge in [-0.3, -0.25) is 4.79 Å². The zero-order valence-corrected chi connectivity index (χ0v) is 8.21. The summed E-state index contributed by atoms with van der Waals surface area (Å²) in [6.45, 7) is 6.63. The summed E-state index contributed by atoms with van der Waals surface area (Å²) in [4.78, 5) is 25.2. The third kappa shape index (κ3) is 7.27. The van der Waals surface area contributed by atoms with E-state index in [0.29, 0.717) is 0 Å². The highest BCUT2D eigenvalue weighted by atomic mass is 16.8. The smallest absolute Gasteiger partial charge is 0.427 e. The van der Waals surface area contributed by atoms with E-state index in [1.807, 2.05) is 0 Å². The molecule has 0 aliphatic heterocycles. The van der Waals surface area contributed by atoms with Crippen molar-refractivity contribution in [2.24, 2.45) is 0 Å². The lowest BCUT2D eigenvalue weighted by molar-refractivity contribution is -0.0343. The molecule has 0 aliphatic rings. The fourth-order valence-electron chi connectivity index (χ4n) is 0.431. The summed E-state index contributed by atoms with van der Waals surface area (Å²) in [6, 6.07) is -0.660. The lowest BCUT2D eigenvalue weighted by atomic mass is 10.2.